The van der Waals surface area contributed by atoms with Gasteiger partial charge in [0, 0.05) is 32.1 Å². The Bertz CT molecular complexity index is 777. The first-order valence-electron chi connectivity index (χ1n) is 7.54. The SMILES string of the molecule is Cc1cnn(C2CN(CC(O)c3ccc(S(C)(=O)=O)cc3)C2)c1. The summed E-state index contributed by atoms with van der Waals surface area (Å²) in [6.07, 6.45) is 4.43. The molecule has 0 amide bonds. The number of β-amino-alcohol motifs (C(OH)–C–C–N with tert-alkyl or cyclic N) is 1. The molecule has 1 saturated heterocycles. The van der Waals surface area contributed by atoms with Crippen molar-refractivity contribution in [2.45, 2.75) is 24.0 Å². The average molecular weight is 335 g/mol. The molecule has 0 saturated carbocycles. The predicted octanol–water partition coefficient (Wildman–Crippen LogP) is 1.19. The van der Waals surface area contributed by atoms with Crippen molar-refractivity contribution in [3.8, 4) is 0 Å². The maximum Gasteiger partial charge on any atom is 0.175 e. The molecule has 23 heavy (non-hydrogen) atoms. The first kappa shape index (κ1) is 16.2. The van der Waals surface area contributed by atoms with E-state index in [9.17, 15) is 13.5 Å². The highest BCUT2D eigenvalue weighted by atomic mass is 32.2. The Hall–Kier alpha value is -1.70. The Kier molecular flexibility index (Phi) is 4.27. The van der Waals surface area contributed by atoms with E-state index in [-0.39, 0.29) is 4.90 Å². The molecule has 0 bridgehead atoms. The topological polar surface area (TPSA) is 75.4 Å². The summed E-state index contributed by atoms with van der Waals surface area (Å²) < 4.78 is 24.9. The maximum atomic E-state index is 11.4. The van der Waals surface area contributed by atoms with Crippen LogP contribution in [0.1, 0.15) is 23.3 Å². The van der Waals surface area contributed by atoms with E-state index in [1.165, 1.54) is 6.26 Å². The Labute approximate surface area is 136 Å². The van der Waals surface area contributed by atoms with Crippen molar-refractivity contribution in [2.75, 3.05) is 25.9 Å². The van der Waals surface area contributed by atoms with Crippen molar-refractivity contribution in [2.24, 2.45) is 0 Å². The van der Waals surface area contributed by atoms with Gasteiger partial charge in [-0.25, -0.2) is 8.42 Å². The number of aryl methyl sites for hydroxylation is 1. The zero-order chi connectivity index (χ0) is 16.6. The highest BCUT2D eigenvalue weighted by molar-refractivity contribution is 7.90. The molecule has 1 fully saturated rings. The second-order valence-corrected chi connectivity index (χ2v) is 8.24. The molecule has 3 rings (SSSR count). The number of hydrogen-bond acceptors (Lipinski definition) is 5. The first-order valence-corrected chi connectivity index (χ1v) is 9.43. The van der Waals surface area contributed by atoms with Crippen LogP contribution < -0.4 is 0 Å². The molecule has 124 valence electrons. The number of sulfone groups is 1. The van der Waals surface area contributed by atoms with Crippen LogP contribution in [0.4, 0.5) is 0 Å². The normalized spacial score (nSPS) is 17.9. The van der Waals surface area contributed by atoms with E-state index in [0.717, 1.165) is 24.2 Å². The molecule has 1 atom stereocenters. The maximum absolute atomic E-state index is 11.4. The van der Waals surface area contributed by atoms with Crippen molar-refractivity contribution < 1.29 is 13.5 Å². The number of benzene rings is 1. The van der Waals surface area contributed by atoms with Gasteiger partial charge >= 0.3 is 0 Å². The fraction of sp³-hybridized carbons (Fsp3) is 0.438. The van der Waals surface area contributed by atoms with Crippen LogP contribution in [0.3, 0.4) is 0 Å². The lowest BCUT2D eigenvalue weighted by Crippen LogP contribution is -2.49. The molecule has 1 aliphatic heterocycles. The van der Waals surface area contributed by atoms with E-state index in [0.29, 0.717) is 12.6 Å². The molecule has 1 unspecified atom stereocenters. The highest BCUT2D eigenvalue weighted by Crippen LogP contribution is 2.24. The number of rotatable bonds is 5. The number of aliphatic hydroxyl groups is 1. The van der Waals surface area contributed by atoms with Crippen LogP contribution in [0.15, 0.2) is 41.6 Å². The molecular formula is C16H21N3O3S. The molecule has 0 radical (unpaired) electrons. The minimum Gasteiger partial charge on any atom is -0.387 e. The molecule has 6 nitrogen and oxygen atoms in total. The van der Waals surface area contributed by atoms with Gasteiger partial charge < -0.3 is 5.11 Å². The molecule has 7 heteroatoms. The van der Waals surface area contributed by atoms with Gasteiger partial charge in [0.25, 0.3) is 0 Å². The number of nitrogens with zero attached hydrogens (tertiary/aromatic N) is 3. The highest BCUT2D eigenvalue weighted by Gasteiger charge is 2.30. The summed E-state index contributed by atoms with van der Waals surface area (Å²) in [7, 11) is -3.20. The molecule has 2 aromatic rings. The molecule has 0 aliphatic carbocycles. The molecule has 1 aromatic heterocycles. The smallest absolute Gasteiger partial charge is 0.175 e. The largest absolute Gasteiger partial charge is 0.387 e. The lowest BCUT2D eigenvalue weighted by atomic mass is 10.0. The van der Waals surface area contributed by atoms with E-state index in [2.05, 4.69) is 10.00 Å². The van der Waals surface area contributed by atoms with Gasteiger partial charge in [0.05, 0.1) is 23.2 Å². The molecule has 2 heterocycles. The van der Waals surface area contributed by atoms with Gasteiger partial charge in [-0.2, -0.15) is 5.10 Å². The van der Waals surface area contributed by atoms with E-state index in [4.69, 9.17) is 0 Å². The Morgan fingerprint density at radius 2 is 1.96 bits per heavy atom. The van der Waals surface area contributed by atoms with Crippen LogP contribution in [0.25, 0.3) is 0 Å². The fourth-order valence-electron chi connectivity index (χ4n) is 2.78. The second-order valence-electron chi connectivity index (χ2n) is 6.23. The molecular weight excluding hydrogens is 314 g/mol. The summed E-state index contributed by atoms with van der Waals surface area (Å²) in [5.41, 5.74) is 1.88. The zero-order valence-electron chi connectivity index (χ0n) is 13.3. The third kappa shape index (κ3) is 3.63. The van der Waals surface area contributed by atoms with Gasteiger partial charge in [0.1, 0.15) is 0 Å². The van der Waals surface area contributed by atoms with Gasteiger partial charge in [-0.05, 0) is 30.2 Å². The van der Waals surface area contributed by atoms with Crippen LogP contribution in [0.2, 0.25) is 0 Å². The van der Waals surface area contributed by atoms with Crippen molar-refractivity contribution in [1.29, 1.82) is 0 Å². The van der Waals surface area contributed by atoms with Crippen LogP contribution >= 0.6 is 0 Å². The van der Waals surface area contributed by atoms with Crippen molar-refractivity contribution in [1.82, 2.24) is 14.7 Å². The lowest BCUT2D eigenvalue weighted by Gasteiger charge is -2.40. The van der Waals surface area contributed by atoms with Crippen molar-refractivity contribution >= 4 is 9.84 Å². The van der Waals surface area contributed by atoms with E-state index >= 15 is 0 Å². The van der Waals surface area contributed by atoms with Gasteiger partial charge in [-0.15, -0.1) is 0 Å². The zero-order valence-corrected chi connectivity index (χ0v) is 14.1. The van der Waals surface area contributed by atoms with Crippen LogP contribution in [0, 0.1) is 6.92 Å². The molecule has 1 N–H and O–H groups in total. The Morgan fingerprint density at radius 1 is 1.30 bits per heavy atom. The van der Waals surface area contributed by atoms with Crippen LogP contribution in [-0.2, 0) is 9.84 Å². The summed E-state index contributed by atoms with van der Waals surface area (Å²) in [4.78, 5) is 2.43. The van der Waals surface area contributed by atoms with Gasteiger partial charge in [0.15, 0.2) is 9.84 Å². The third-order valence-corrected chi connectivity index (χ3v) is 5.30. The quantitative estimate of drug-likeness (QED) is 0.888. The predicted molar refractivity (Wildman–Crippen MR) is 87.0 cm³/mol. The fourth-order valence-corrected chi connectivity index (χ4v) is 3.41. The summed E-state index contributed by atoms with van der Waals surface area (Å²) in [6, 6.07) is 6.80. The van der Waals surface area contributed by atoms with Gasteiger partial charge in [-0.3, -0.25) is 9.58 Å². The second kappa shape index (κ2) is 6.07. The number of likely N-dealkylation sites (tertiary alicyclic amines) is 1. The summed E-state index contributed by atoms with van der Waals surface area (Å²) in [5.74, 6) is 0. The number of aliphatic hydroxyl groups excluding tert-OH is 1. The average Bonchev–Trinajstić information content (AvgIpc) is 2.87. The molecule has 0 spiro atoms. The van der Waals surface area contributed by atoms with E-state index < -0.39 is 15.9 Å². The summed E-state index contributed by atoms with van der Waals surface area (Å²) in [5, 5.41) is 14.6. The Morgan fingerprint density at radius 3 is 2.48 bits per heavy atom. The summed E-state index contributed by atoms with van der Waals surface area (Å²) >= 11 is 0. The molecule has 1 aliphatic rings. The third-order valence-electron chi connectivity index (χ3n) is 4.17. The minimum absolute atomic E-state index is 0.270. The van der Waals surface area contributed by atoms with E-state index in [1.807, 2.05) is 24.0 Å². The van der Waals surface area contributed by atoms with E-state index in [1.54, 1.807) is 24.3 Å². The first-order chi connectivity index (χ1) is 10.8. The van der Waals surface area contributed by atoms with Gasteiger partial charge in [-0.1, -0.05) is 12.1 Å². The molecule has 1 aromatic carbocycles. The van der Waals surface area contributed by atoms with Gasteiger partial charge in [0.2, 0.25) is 0 Å². The summed E-state index contributed by atoms with van der Waals surface area (Å²) in [6.45, 7) is 4.28. The van der Waals surface area contributed by atoms with Crippen LogP contribution in [-0.4, -0.2) is 54.1 Å². The number of aromatic nitrogens is 2. The number of hydrogen-bond donors (Lipinski definition) is 1. The monoisotopic (exact) mass is 335 g/mol. The lowest BCUT2D eigenvalue weighted by molar-refractivity contribution is 0.0401. The standard InChI is InChI=1S/C16H21N3O3S/c1-12-7-17-19(8-12)14-9-18(10-14)11-16(20)13-3-5-15(6-4-13)23(2,21)22/h3-8,14,16,20H,9-11H2,1-2H3. The van der Waals surface area contributed by atoms with Crippen LogP contribution in [0.5, 0.6) is 0 Å². The van der Waals surface area contributed by atoms with Crippen molar-refractivity contribution in [3.63, 3.8) is 0 Å². The Balaban J connectivity index is 1.55. The minimum atomic E-state index is -3.20. The van der Waals surface area contributed by atoms with Crippen molar-refractivity contribution in [3.05, 3.63) is 47.8 Å².